The van der Waals surface area contributed by atoms with Crippen molar-refractivity contribution < 1.29 is 42.2 Å². The van der Waals surface area contributed by atoms with E-state index in [1.54, 1.807) is 0 Å². The van der Waals surface area contributed by atoms with Crippen LogP contribution in [-0.2, 0) is 27.8 Å². The SMILES string of the molecule is O=P(O)(O)OF.[NaH].[V]. The van der Waals surface area contributed by atoms with Crippen LogP contribution < -0.4 is 0 Å². The van der Waals surface area contributed by atoms with Gasteiger partial charge in [0.2, 0.25) is 0 Å². The van der Waals surface area contributed by atoms with Gasteiger partial charge in [-0.15, -0.1) is 0 Å². The second kappa shape index (κ2) is 6.74. The van der Waals surface area contributed by atoms with Crippen molar-refractivity contribution in [1.29, 1.82) is 0 Å². The van der Waals surface area contributed by atoms with Crippen molar-refractivity contribution in [2.45, 2.75) is 0 Å². The quantitative estimate of drug-likeness (QED) is 0.426. The Labute approximate surface area is 79.1 Å². The molecule has 0 spiro atoms. The maximum Gasteiger partial charge on any atom is 0 e. The van der Waals surface area contributed by atoms with Crippen LogP contribution in [0.4, 0.5) is 4.53 Å². The van der Waals surface area contributed by atoms with Crippen molar-refractivity contribution in [1.82, 2.24) is 0 Å². The van der Waals surface area contributed by atoms with E-state index in [4.69, 9.17) is 14.4 Å². The molecule has 4 nitrogen and oxygen atoms in total. The minimum atomic E-state index is -4.81. The van der Waals surface area contributed by atoms with E-state index < -0.39 is 7.82 Å². The summed E-state index contributed by atoms with van der Waals surface area (Å²) in [5.74, 6) is 0. The average molecular weight is 191 g/mol. The maximum absolute atomic E-state index is 10.2. The fourth-order valence-electron chi connectivity index (χ4n) is 0. The Kier molecular flexibility index (Phi) is 13.7. The van der Waals surface area contributed by atoms with Crippen molar-refractivity contribution in [3.05, 3.63) is 0 Å². The van der Waals surface area contributed by atoms with Gasteiger partial charge in [0.05, 0.1) is 0 Å². The first-order chi connectivity index (χ1) is 2.56. The summed E-state index contributed by atoms with van der Waals surface area (Å²) in [6.45, 7) is 0. The van der Waals surface area contributed by atoms with Crippen LogP contribution in [0.25, 0.3) is 0 Å². The van der Waals surface area contributed by atoms with Crippen LogP contribution in [0.5, 0.6) is 0 Å². The molecule has 0 unspecified atom stereocenters. The van der Waals surface area contributed by atoms with Gasteiger partial charge in [-0.25, -0.2) is 4.57 Å². The summed E-state index contributed by atoms with van der Waals surface area (Å²) >= 11 is 0. The van der Waals surface area contributed by atoms with Gasteiger partial charge in [-0.2, -0.15) is 0 Å². The molecule has 0 heterocycles. The summed E-state index contributed by atoms with van der Waals surface area (Å²) in [6.07, 6.45) is 0. The van der Waals surface area contributed by atoms with E-state index in [-0.39, 0.29) is 48.1 Å². The van der Waals surface area contributed by atoms with Gasteiger partial charge in [-0.3, -0.25) is 0 Å². The molecule has 0 saturated heterocycles. The molecule has 0 saturated carbocycles. The van der Waals surface area contributed by atoms with Crippen LogP contribution in [0.3, 0.4) is 0 Å². The Bertz CT molecular complexity index is 80.1. The molecule has 0 aromatic rings. The zero-order valence-corrected chi connectivity index (χ0v) is 5.27. The monoisotopic (exact) mass is 191 g/mol. The fraction of sp³-hybridized carbons (Fsp3) is 0. The van der Waals surface area contributed by atoms with E-state index in [1.807, 2.05) is 0 Å². The van der Waals surface area contributed by atoms with E-state index in [0.29, 0.717) is 0 Å². The summed E-state index contributed by atoms with van der Waals surface area (Å²) in [5, 5.41) is 0. The second-order valence-corrected chi connectivity index (χ2v) is 1.68. The molecule has 0 atom stereocenters. The van der Waals surface area contributed by atoms with E-state index in [9.17, 15) is 4.53 Å². The summed E-state index contributed by atoms with van der Waals surface area (Å²) < 4.78 is 21.4. The molecule has 0 aliphatic heterocycles. The zero-order valence-electron chi connectivity index (χ0n) is 2.98. The number of phosphoric acid groups is 1. The van der Waals surface area contributed by atoms with E-state index in [1.165, 1.54) is 0 Å². The Morgan fingerprint density at radius 3 is 1.62 bits per heavy atom. The third-order valence-corrected chi connectivity index (χ3v) is 0.270. The van der Waals surface area contributed by atoms with Crippen molar-refractivity contribution >= 4 is 37.4 Å². The minimum Gasteiger partial charge on any atom is 0 e. The molecule has 1 radical (unpaired) electrons. The third-order valence-electron chi connectivity index (χ3n) is 0.0899. The summed E-state index contributed by atoms with van der Waals surface area (Å²) in [4.78, 5) is 14.7. The maximum atomic E-state index is 10.2. The average Bonchev–Trinajstić information content (AvgIpc) is 1.35. The van der Waals surface area contributed by atoms with Crippen LogP contribution in [0.15, 0.2) is 0 Å². The van der Waals surface area contributed by atoms with Gasteiger partial charge in [-0.1, -0.05) is 4.73 Å². The molecule has 0 aromatic heterocycles. The smallest absolute Gasteiger partial charge is 0 e. The van der Waals surface area contributed by atoms with Crippen molar-refractivity contribution in [2.75, 3.05) is 0 Å². The molecule has 0 aliphatic rings. The van der Waals surface area contributed by atoms with Crippen molar-refractivity contribution in [2.24, 2.45) is 0 Å². The molecule has 8 heteroatoms. The molecule has 0 amide bonds. The molecule has 2 N–H and O–H groups in total. The molecule has 0 rings (SSSR count). The van der Waals surface area contributed by atoms with Crippen LogP contribution >= 0.6 is 7.82 Å². The molecule has 0 bridgehead atoms. The third kappa shape index (κ3) is 15.6. The van der Waals surface area contributed by atoms with Crippen LogP contribution in [0, 0.1) is 0 Å². The van der Waals surface area contributed by atoms with Gasteiger partial charge in [0, 0.05) is 18.6 Å². The largest absolute Gasteiger partial charge is 0 e. The van der Waals surface area contributed by atoms with Crippen LogP contribution in [0.1, 0.15) is 0 Å². The van der Waals surface area contributed by atoms with Crippen molar-refractivity contribution in [3.8, 4) is 0 Å². The summed E-state index contributed by atoms with van der Waals surface area (Å²) in [7, 11) is -4.81. The number of halogens is 1. The fourth-order valence-corrected chi connectivity index (χ4v) is 0. The first kappa shape index (κ1) is 16.3. The van der Waals surface area contributed by atoms with Crippen LogP contribution in [-0.4, -0.2) is 39.3 Å². The molecular weight excluding hydrogens is 188 g/mol. The van der Waals surface area contributed by atoms with Gasteiger partial charge >= 0.3 is 37.4 Å². The molecule has 0 aliphatic carbocycles. The Morgan fingerprint density at radius 2 is 1.62 bits per heavy atom. The predicted molar refractivity (Wildman–Crippen MR) is 21.4 cm³/mol. The summed E-state index contributed by atoms with van der Waals surface area (Å²) in [5.41, 5.74) is 0. The molecule has 0 aromatic carbocycles. The second-order valence-electron chi connectivity index (χ2n) is 0.560. The normalized spacial score (nSPS) is 8.88. The standard InChI is InChI=1S/FH2O4P.Na.V.H/c1-5-6(2,3)4;;;/h(H2,2,3,4);;;. The van der Waals surface area contributed by atoms with Gasteiger partial charge < -0.3 is 9.79 Å². The van der Waals surface area contributed by atoms with Crippen molar-refractivity contribution in [3.63, 3.8) is 0 Å². The van der Waals surface area contributed by atoms with Gasteiger partial charge in [0.25, 0.3) is 0 Å². The van der Waals surface area contributed by atoms with Crippen LogP contribution in [0.2, 0.25) is 0 Å². The summed E-state index contributed by atoms with van der Waals surface area (Å²) in [6, 6.07) is 0. The number of hydrogen-bond donors (Lipinski definition) is 2. The first-order valence-electron chi connectivity index (χ1n) is 0.919. The molecule has 45 valence electrons. The van der Waals surface area contributed by atoms with E-state index in [2.05, 4.69) is 4.73 Å². The molecule has 8 heavy (non-hydrogen) atoms. The number of hydrogen-bond acceptors (Lipinski definition) is 2. The molecular formula is H3FNaO4PV. The van der Waals surface area contributed by atoms with Gasteiger partial charge in [0.1, 0.15) is 0 Å². The topological polar surface area (TPSA) is 66.8 Å². The predicted octanol–water partition coefficient (Wildman–Crippen LogP) is -0.671. The Hall–Kier alpha value is 1.62. The number of rotatable bonds is 1. The van der Waals surface area contributed by atoms with Gasteiger partial charge in [0.15, 0.2) is 0 Å². The first-order valence-corrected chi connectivity index (χ1v) is 2.45. The van der Waals surface area contributed by atoms with E-state index >= 15 is 0 Å². The Balaban J connectivity index is -0.000000125. The minimum absolute atomic E-state index is 0. The zero-order chi connectivity index (χ0) is 5.21. The van der Waals surface area contributed by atoms with E-state index in [0.717, 1.165) is 0 Å². The molecule has 0 fully saturated rings. The van der Waals surface area contributed by atoms with Gasteiger partial charge in [-0.05, 0) is 4.53 Å². The Morgan fingerprint density at radius 1 is 1.50 bits per heavy atom.